The lowest BCUT2D eigenvalue weighted by Crippen LogP contribution is -2.53. The number of hydrogen-bond acceptors (Lipinski definition) is 13. The average molecular weight is 856 g/mol. The van der Waals surface area contributed by atoms with Crippen LogP contribution in [0.5, 0.6) is 11.5 Å². The van der Waals surface area contributed by atoms with Crippen molar-refractivity contribution in [3.05, 3.63) is 90.3 Å². The summed E-state index contributed by atoms with van der Waals surface area (Å²) < 4.78 is 8.11. The number of para-hydroxylation sites is 1. The van der Waals surface area contributed by atoms with E-state index >= 15 is 0 Å². The molecule has 3 aliphatic heterocycles. The molecule has 15 heteroatoms. The van der Waals surface area contributed by atoms with E-state index in [4.69, 9.17) is 15.6 Å². The molecule has 0 bridgehead atoms. The summed E-state index contributed by atoms with van der Waals surface area (Å²) in [5.41, 5.74) is 11.6. The number of piperidine rings is 2. The van der Waals surface area contributed by atoms with Crippen molar-refractivity contribution in [1.29, 1.82) is 0 Å². The lowest BCUT2D eigenvalue weighted by molar-refractivity contribution is -0.129. The van der Waals surface area contributed by atoms with E-state index in [9.17, 15) is 14.4 Å². The van der Waals surface area contributed by atoms with E-state index in [1.165, 1.54) is 19.2 Å². The highest BCUT2D eigenvalue weighted by atomic mass is 16.5. The smallest absolute Gasteiger partial charge is 0.243 e. The van der Waals surface area contributed by atoms with Crippen LogP contribution in [0.4, 0.5) is 11.5 Å². The van der Waals surface area contributed by atoms with Crippen LogP contribution < -0.4 is 20.7 Å². The Kier molecular flexibility index (Phi) is 14.4. The summed E-state index contributed by atoms with van der Waals surface area (Å²) in [6.07, 6.45) is 8.65. The van der Waals surface area contributed by atoms with Gasteiger partial charge in [-0.05, 0) is 112 Å². The van der Waals surface area contributed by atoms with Gasteiger partial charge in [0.2, 0.25) is 12.3 Å². The number of anilines is 2. The fourth-order valence-corrected chi connectivity index (χ4v) is 9.68. The summed E-state index contributed by atoms with van der Waals surface area (Å²) in [4.78, 5) is 56.8. The van der Waals surface area contributed by atoms with Crippen molar-refractivity contribution in [3.63, 3.8) is 0 Å². The van der Waals surface area contributed by atoms with E-state index < -0.39 is 6.04 Å². The lowest BCUT2D eigenvalue weighted by Gasteiger charge is -2.43. The predicted octanol–water partition coefficient (Wildman–Crippen LogP) is 5.48. The van der Waals surface area contributed by atoms with Gasteiger partial charge in [-0.3, -0.25) is 29.5 Å². The molecule has 8 rings (SSSR count). The Morgan fingerprint density at radius 3 is 2.17 bits per heavy atom. The van der Waals surface area contributed by atoms with Crippen molar-refractivity contribution >= 4 is 41.1 Å². The van der Waals surface area contributed by atoms with Crippen LogP contribution >= 0.6 is 0 Å². The molecule has 2 amide bonds. The van der Waals surface area contributed by atoms with Gasteiger partial charge in [0.1, 0.15) is 35.6 Å². The molecule has 1 unspecified atom stereocenters. The van der Waals surface area contributed by atoms with Crippen LogP contribution in [-0.4, -0.2) is 143 Å². The van der Waals surface area contributed by atoms with Gasteiger partial charge in [-0.25, -0.2) is 14.6 Å². The molecule has 1 atom stereocenters. The minimum atomic E-state index is -0.449. The maximum atomic E-state index is 12.6. The van der Waals surface area contributed by atoms with E-state index in [2.05, 4.69) is 45.6 Å². The van der Waals surface area contributed by atoms with Gasteiger partial charge in [0.25, 0.3) is 0 Å². The fourth-order valence-electron chi connectivity index (χ4n) is 9.68. The number of nitrogens with one attached hydrogen (secondary N) is 1. The molecule has 3 aromatic carbocycles. The number of piperazine rings is 1. The number of fused-ring (bicyclic) bond motifs is 1. The molecule has 5 heterocycles. The molecular weight excluding hydrogens is 795 g/mol. The third-order valence-electron chi connectivity index (χ3n) is 13.3. The Hall–Kier alpha value is -5.74. The third-order valence-corrected chi connectivity index (χ3v) is 13.3. The van der Waals surface area contributed by atoms with Gasteiger partial charge < -0.3 is 25.2 Å². The van der Waals surface area contributed by atoms with E-state index in [-0.39, 0.29) is 11.9 Å². The van der Waals surface area contributed by atoms with Gasteiger partial charge >= 0.3 is 0 Å². The Balaban J connectivity index is 0.789. The molecular formula is C48H61N11O4. The average Bonchev–Trinajstić information content (AvgIpc) is 3.72. The predicted molar refractivity (Wildman–Crippen MR) is 246 cm³/mol. The van der Waals surface area contributed by atoms with Crippen LogP contribution in [0.25, 0.3) is 22.3 Å². The number of nitrogen functional groups attached to an aromatic ring is 1. The number of likely N-dealkylation sites (tertiary alicyclic amines) is 2. The Morgan fingerprint density at radius 2 is 1.52 bits per heavy atom. The molecule has 332 valence electrons. The summed E-state index contributed by atoms with van der Waals surface area (Å²) in [5.74, 6) is 1.67. The Bertz CT molecular complexity index is 2300. The number of amides is 2. The van der Waals surface area contributed by atoms with Crippen molar-refractivity contribution in [3.8, 4) is 22.8 Å². The number of aldehydes is 1. The molecule has 5 aromatic rings. The number of carbonyl (C=O) groups is 3. The molecule has 0 spiro atoms. The van der Waals surface area contributed by atoms with Crippen molar-refractivity contribution in [2.24, 2.45) is 0 Å². The van der Waals surface area contributed by atoms with Crippen LogP contribution in [0.2, 0.25) is 0 Å². The van der Waals surface area contributed by atoms with Gasteiger partial charge in [-0.15, -0.1) is 0 Å². The highest BCUT2D eigenvalue weighted by Gasteiger charge is 2.30. The molecule has 0 radical (unpaired) electrons. The zero-order chi connectivity index (χ0) is 43.7. The first-order valence-electron chi connectivity index (χ1n) is 22.6. The van der Waals surface area contributed by atoms with Crippen molar-refractivity contribution in [2.45, 2.75) is 70.1 Å². The number of nitrogens with zero attached hydrogens (tertiary/aromatic N) is 9. The minimum Gasteiger partial charge on any atom is -0.457 e. The standard InChI is InChI=1S/C48H61N11O4/c1-3-7-43(48(62)52-34-61)54(2)31-37-30-40(13-10-36(37)32-60)58-28-26-57(27-29-58)38-16-20-55(21-17-38)24-25-56-22-18-39(19-23-56)59-47-44(46(49)50-33-51-47)45(53-59)35-11-14-42(15-12-35)63-41-8-5-4-6-9-41/h4-6,8-15,30,32-34,38-39,43H,3,7,16-29,31H2,1-2H3,(H2,49,50,51)(H,52,61,62). The highest BCUT2D eigenvalue weighted by Crippen LogP contribution is 2.35. The van der Waals surface area contributed by atoms with Crippen molar-refractivity contribution in [2.75, 3.05) is 83.1 Å². The monoisotopic (exact) mass is 855 g/mol. The molecule has 3 aliphatic rings. The number of imide groups is 1. The second-order valence-corrected chi connectivity index (χ2v) is 17.2. The largest absolute Gasteiger partial charge is 0.457 e. The summed E-state index contributed by atoms with van der Waals surface area (Å²) in [5, 5.41) is 8.23. The first-order valence-corrected chi connectivity index (χ1v) is 22.6. The zero-order valence-electron chi connectivity index (χ0n) is 36.6. The summed E-state index contributed by atoms with van der Waals surface area (Å²) in [6, 6.07) is 24.1. The normalized spacial score (nSPS) is 17.9. The van der Waals surface area contributed by atoms with Gasteiger partial charge in [0, 0.05) is 81.8 Å². The van der Waals surface area contributed by atoms with Gasteiger partial charge in [-0.2, -0.15) is 5.10 Å². The molecule has 3 N–H and O–H groups in total. The number of nitrogens with two attached hydrogens (primary N) is 1. The minimum absolute atomic E-state index is 0.233. The van der Waals surface area contributed by atoms with Crippen molar-refractivity contribution in [1.82, 2.24) is 44.7 Å². The number of hydrogen-bond donors (Lipinski definition) is 2. The number of ether oxygens (including phenoxy) is 1. The maximum Gasteiger partial charge on any atom is 0.243 e. The van der Waals surface area contributed by atoms with E-state index in [0.717, 1.165) is 136 Å². The fraction of sp³-hybridized carbons (Fsp3) is 0.458. The second-order valence-electron chi connectivity index (χ2n) is 17.2. The maximum absolute atomic E-state index is 12.6. The molecule has 2 aromatic heterocycles. The molecule has 15 nitrogen and oxygen atoms in total. The molecule has 63 heavy (non-hydrogen) atoms. The van der Waals surface area contributed by atoms with Crippen LogP contribution in [0.15, 0.2) is 79.1 Å². The first kappa shape index (κ1) is 43.9. The molecule has 3 fully saturated rings. The molecule has 3 saturated heterocycles. The Morgan fingerprint density at radius 1 is 0.857 bits per heavy atom. The first-order chi connectivity index (χ1) is 30.8. The Labute approximate surface area is 370 Å². The van der Waals surface area contributed by atoms with Gasteiger partial charge in [0.15, 0.2) is 5.65 Å². The summed E-state index contributed by atoms with van der Waals surface area (Å²) in [6.45, 7) is 12.8. The van der Waals surface area contributed by atoms with E-state index in [1.807, 2.05) is 85.6 Å². The molecule has 0 aliphatic carbocycles. The highest BCUT2D eigenvalue weighted by molar-refractivity contribution is 5.98. The number of aromatic nitrogens is 4. The van der Waals surface area contributed by atoms with Crippen LogP contribution in [-0.2, 0) is 16.1 Å². The number of benzene rings is 3. The lowest BCUT2D eigenvalue weighted by atomic mass is 10.0. The number of rotatable bonds is 17. The van der Waals surface area contributed by atoms with Crippen LogP contribution in [0, 0.1) is 0 Å². The topological polar surface area (TPSA) is 158 Å². The number of carbonyl (C=O) groups excluding carboxylic acids is 3. The van der Waals surface area contributed by atoms with E-state index in [0.29, 0.717) is 36.8 Å². The van der Waals surface area contributed by atoms with Crippen LogP contribution in [0.3, 0.4) is 0 Å². The summed E-state index contributed by atoms with van der Waals surface area (Å²) >= 11 is 0. The summed E-state index contributed by atoms with van der Waals surface area (Å²) in [7, 11) is 1.87. The zero-order valence-corrected chi connectivity index (χ0v) is 36.6. The quantitative estimate of drug-likeness (QED) is 0.114. The second kappa shape index (κ2) is 20.6. The number of likely N-dealkylation sites (N-methyl/N-ethyl adjacent to an activating group) is 1. The van der Waals surface area contributed by atoms with Crippen LogP contribution in [0.1, 0.15) is 67.4 Å². The van der Waals surface area contributed by atoms with Gasteiger partial charge in [0.05, 0.1) is 17.5 Å². The van der Waals surface area contributed by atoms with Crippen molar-refractivity contribution < 1.29 is 19.1 Å². The van der Waals surface area contributed by atoms with Gasteiger partial charge in [-0.1, -0.05) is 31.5 Å². The third kappa shape index (κ3) is 10.4. The SMILES string of the molecule is CCCC(C(=O)NC=O)N(C)Cc1cc(N2CCN(C3CCN(CCN4CCC(n5nc(-c6ccc(Oc7ccccc7)cc6)c6c(N)ncnc65)CC4)CC3)CC2)ccc1C=O. The van der Waals surface area contributed by atoms with E-state index in [1.54, 1.807) is 0 Å². The molecule has 0 saturated carbocycles.